The maximum Gasteiger partial charge on any atom is 0.229 e. The molecule has 0 N–H and O–H groups in total. The molecular weight excluding hydrogens is 384 g/mol. The van der Waals surface area contributed by atoms with E-state index >= 15 is 0 Å². The van der Waals surface area contributed by atoms with E-state index in [1.165, 1.54) is 13.4 Å². The number of benzene rings is 2. The van der Waals surface area contributed by atoms with Crippen molar-refractivity contribution >= 4 is 17.3 Å². The zero-order chi connectivity index (χ0) is 20.8. The molecule has 0 aliphatic heterocycles. The predicted molar refractivity (Wildman–Crippen MR) is 106 cm³/mol. The number of ketones is 3. The molecule has 6 nitrogen and oxygen atoms in total. The fourth-order valence-electron chi connectivity index (χ4n) is 3.63. The zero-order valence-corrected chi connectivity index (χ0v) is 15.8. The second kappa shape index (κ2) is 6.70. The minimum absolute atomic E-state index is 0.0468. The number of hydrogen-bond acceptors (Lipinski definition) is 6. The summed E-state index contributed by atoms with van der Waals surface area (Å²) in [6, 6.07) is 16.2. The van der Waals surface area contributed by atoms with Gasteiger partial charge in [0.1, 0.15) is 11.5 Å². The molecule has 0 spiro atoms. The Balaban J connectivity index is 1.74. The first-order valence-electron chi connectivity index (χ1n) is 9.18. The molecule has 30 heavy (non-hydrogen) atoms. The van der Waals surface area contributed by atoms with Gasteiger partial charge in [-0.3, -0.25) is 14.4 Å². The van der Waals surface area contributed by atoms with E-state index in [9.17, 15) is 14.4 Å². The molecule has 2 aromatic carbocycles. The first-order valence-corrected chi connectivity index (χ1v) is 9.18. The zero-order valence-electron chi connectivity index (χ0n) is 15.8. The smallest absolute Gasteiger partial charge is 0.229 e. The molecule has 0 radical (unpaired) electrons. The molecule has 0 amide bonds. The fraction of sp³-hybridized carbons (Fsp3) is 0.0417. The summed E-state index contributed by atoms with van der Waals surface area (Å²) in [4.78, 5) is 39.5. The fourth-order valence-corrected chi connectivity index (χ4v) is 3.63. The van der Waals surface area contributed by atoms with E-state index in [4.69, 9.17) is 13.6 Å². The van der Waals surface area contributed by atoms with Gasteiger partial charge in [-0.25, -0.2) is 0 Å². The highest BCUT2D eigenvalue weighted by Gasteiger charge is 2.40. The van der Waals surface area contributed by atoms with Crippen molar-refractivity contribution in [2.75, 3.05) is 7.11 Å². The number of fused-ring (bicyclic) bond motifs is 2. The Morgan fingerprint density at radius 1 is 0.833 bits per heavy atom. The van der Waals surface area contributed by atoms with E-state index in [1.807, 2.05) is 0 Å². The Hall–Kier alpha value is -4.19. The molecule has 5 rings (SSSR count). The highest BCUT2D eigenvalue weighted by atomic mass is 16.5. The van der Waals surface area contributed by atoms with Crippen LogP contribution < -0.4 is 4.74 Å². The first kappa shape index (κ1) is 17.9. The number of rotatable bonds is 4. The molecule has 146 valence electrons. The molecule has 0 atom stereocenters. The second-order valence-electron chi connectivity index (χ2n) is 6.75. The summed E-state index contributed by atoms with van der Waals surface area (Å²) in [5.74, 6) is -0.694. The van der Waals surface area contributed by atoms with Gasteiger partial charge in [-0.05, 0) is 36.4 Å². The van der Waals surface area contributed by atoms with Crippen molar-refractivity contribution in [2.45, 2.75) is 0 Å². The van der Waals surface area contributed by atoms with Crippen molar-refractivity contribution in [2.24, 2.45) is 0 Å². The Morgan fingerprint density at radius 2 is 1.53 bits per heavy atom. The van der Waals surface area contributed by atoms with Gasteiger partial charge in [0.2, 0.25) is 11.6 Å². The van der Waals surface area contributed by atoms with Crippen molar-refractivity contribution in [3.63, 3.8) is 0 Å². The van der Waals surface area contributed by atoms with Crippen molar-refractivity contribution in [1.29, 1.82) is 0 Å². The molecule has 0 saturated heterocycles. The van der Waals surface area contributed by atoms with Gasteiger partial charge in [-0.2, -0.15) is 0 Å². The van der Waals surface area contributed by atoms with Gasteiger partial charge in [0.25, 0.3) is 0 Å². The van der Waals surface area contributed by atoms with Crippen LogP contribution in [0.1, 0.15) is 48.2 Å². The molecule has 0 fully saturated rings. The lowest BCUT2D eigenvalue weighted by Gasteiger charge is -2.13. The average Bonchev–Trinajstić information content (AvgIpc) is 3.45. The predicted octanol–water partition coefficient (Wildman–Crippen LogP) is 4.55. The number of furan rings is 2. The lowest BCUT2D eigenvalue weighted by atomic mass is 9.85. The summed E-state index contributed by atoms with van der Waals surface area (Å²) in [6.07, 6.45) is 1.43. The average molecular weight is 398 g/mol. The van der Waals surface area contributed by atoms with Crippen LogP contribution in [0.5, 0.6) is 5.75 Å². The van der Waals surface area contributed by atoms with Crippen LogP contribution in [-0.2, 0) is 0 Å². The molecule has 0 unspecified atom stereocenters. The molecule has 4 aromatic rings. The standard InChI is InChI=1S/C24H14O6/c1-28-14-10-8-13(9-11-14)20(25)23-18(17-7-4-12-29-17)19-21(26)15-5-2-3-6-16(15)22(27)24(19)30-23/h2-12H,1H3. The first-order chi connectivity index (χ1) is 14.6. The largest absolute Gasteiger partial charge is 0.497 e. The van der Waals surface area contributed by atoms with Crippen molar-refractivity contribution in [3.8, 4) is 17.1 Å². The maximum atomic E-state index is 13.3. The van der Waals surface area contributed by atoms with Crippen LogP contribution in [-0.4, -0.2) is 24.5 Å². The summed E-state index contributed by atoms with van der Waals surface area (Å²) in [5.41, 5.74) is 1.08. The number of methoxy groups -OCH3 is 1. The van der Waals surface area contributed by atoms with Crippen LogP contribution in [0.2, 0.25) is 0 Å². The van der Waals surface area contributed by atoms with Gasteiger partial charge in [-0.15, -0.1) is 0 Å². The van der Waals surface area contributed by atoms with E-state index in [0.717, 1.165) is 0 Å². The van der Waals surface area contributed by atoms with Crippen LogP contribution in [0.15, 0.2) is 75.8 Å². The summed E-state index contributed by atoms with van der Waals surface area (Å²) in [5, 5.41) is 0. The van der Waals surface area contributed by atoms with Gasteiger partial charge in [-0.1, -0.05) is 24.3 Å². The third-order valence-corrected chi connectivity index (χ3v) is 5.08. The lowest BCUT2D eigenvalue weighted by Crippen LogP contribution is -2.19. The number of ether oxygens (including phenoxy) is 1. The second-order valence-corrected chi connectivity index (χ2v) is 6.75. The van der Waals surface area contributed by atoms with E-state index in [1.54, 1.807) is 60.7 Å². The topological polar surface area (TPSA) is 86.7 Å². The van der Waals surface area contributed by atoms with Crippen LogP contribution in [0.25, 0.3) is 11.3 Å². The molecule has 6 heteroatoms. The van der Waals surface area contributed by atoms with Crippen LogP contribution in [0, 0.1) is 0 Å². The molecule has 2 heterocycles. The Morgan fingerprint density at radius 3 is 2.17 bits per heavy atom. The van der Waals surface area contributed by atoms with Crippen molar-refractivity contribution in [1.82, 2.24) is 0 Å². The van der Waals surface area contributed by atoms with Gasteiger partial charge >= 0.3 is 0 Å². The molecule has 1 aliphatic carbocycles. The SMILES string of the molecule is COc1ccc(C(=O)c2oc3c(c2-c2ccco2)C(=O)c2ccccc2C3=O)cc1. The minimum Gasteiger partial charge on any atom is -0.497 e. The third kappa shape index (κ3) is 2.54. The van der Waals surface area contributed by atoms with E-state index < -0.39 is 11.6 Å². The van der Waals surface area contributed by atoms with Crippen molar-refractivity contribution in [3.05, 3.63) is 101 Å². The quantitative estimate of drug-likeness (QED) is 0.413. The monoisotopic (exact) mass is 398 g/mol. The maximum absolute atomic E-state index is 13.3. The highest BCUT2D eigenvalue weighted by molar-refractivity contribution is 6.31. The summed E-state index contributed by atoms with van der Waals surface area (Å²) in [6.45, 7) is 0. The van der Waals surface area contributed by atoms with Crippen LogP contribution in [0.3, 0.4) is 0 Å². The summed E-state index contributed by atoms with van der Waals surface area (Å²) >= 11 is 0. The Bertz CT molecular complexity index is 1310. The Kier molecular flexibility index (Phi) is 3.99. The van der Waals surface area contributed by atoms with Gasteiger partial charge < -0.3 is 13.6 Å². The van der Waals surface area contributed by atoms with Crippen LogP contribution >= 0.6 is 0 Å². The van der Waals surface area contributed by atoms with E-state index in [2.05, 4.69) is 0 Å². The summed E-state index contributed by atoms with van der Waals surface area (Å²) in [7, 11) is 1.53. The normalized spacial score (nSPS) is 12.4. The molecule has 0 bridgehead atoms. The van der Waals surface area contributed by atoms with Gasteiger partial charge in [0.15, 0.2) is 17.3 Å². The summed E-state index contributed by atoms with van der Waals surface area (Å²) < 4.78 is 16.4. The highest BCUT2D eigenvalue weighted by Crippen LogP contribution is 2.40. The molecule has 2 aromatic heterocycles. The third-order valence-electron chi connectivity index (χ3n) is 5.08. The number of hydrogen-bond donors (Lipinski definition) is 0. The lowest BCUT2D eigenvalue weighted by molar-refractivity contribution is 0.0951. The van der Waals surface area contributed by atoms with Gasteiger partial charge in [0, 0.05) is 16.7 Å². The number of carbonyl (C=O) groups is 3. The Labute approximate surface area is 170 Å². The van der Waals surface area contributed by atoms with Crippen molar-refractivity contribution < 1.29 is 28.0 Å². The van der Waals surface area contributed by atoms with E-state index in [0.29, 0.717) is 11.3 Å². The molecular formula is C24H14O6. The molecule has 0 saturated carbocycles. The van der Waals surface area contributed by atoms with Gasteiger partial charge in [0.05, 0.1) is 24.5 Å². The van der Waals surface area contributed by atoms with Crippen LogP contribution in [0.4, 0.5) is 0 Å². The molecule has 1 aliphatic rings. The van der Waals surface area contributed by atoms with E-state index in [-0.39, 0.29) is 45.3 Å². The number of carbonyl (C=O) groups excluding carboxylic acids is 3. The minimum atomic E-state index is -0.469.